The summed E-state index contributed by atoms with van der Waals surface area (Å²) in [5.74, 6) is 0. The van der Waals surface area contributed by atoms with Gasteiger partial charge in [0.25, 0.3) is 0 Å². The zero-order valence-electron chi connectivity index (χ0n) is 37.5. The Morgan fingerprint density at radius 3 is 1.60 bits per heavy atom. The van der Waals surface area contributed by atoms with Gasteiger partial charge >= 0.3 is 0 Å². The second kappa shape index (κ2) is 15.3. The van der Waals surface area contributed by atoms with Gasteiger partial charge in [-0.3, -0.25) is 0 Å². The molecular weight excluding hydrogens is 809 g/mol. The molecule has 0 spiro atoms. The van der Waals surface area contributed by atoms with Crippen LogP contribution in [0.5, 0.6) is 0 Å². The van der Waals surface area contributed by atoms with Crippen LogP contribution in [0.3, 0.4) is 0 Å². The molecule has 0 bridgehead atoms. The van der Waals surface area contributed by atoms with Gasteiger partial charge in [-0.25, -0.2) is 0 Å². The molecule has 2 heteroatoms. The summed E-state index contributed by atoms with van der Waals surface area (Å²) >= 11 is 0. The summed E-state index contributed by atoms with van der Waals surface area (Å²) in [4.78, 5) is 2.38. The van der Waals surface area contributed by atoms with Crippen molar-refractivity contribution in [2.24, 2.45) is 0 Å². The van der Waals surface area contributed by atoms with E-state index in [1.807, 2.05) is 0 Å². The molecule has 0 saturated heterocycles. The first-order chi connectivity index (χ1) is 33.0. The van der Waals surface area contributed by atoms with E-state index in [9.17, 15) is 0 Å². The summed E-state index contributed by atoms with van der Waals surface area (Å²) < 4.78 is 2.37. The molecule has 0 radical (unpaired) electrons. The highest BCUT2D eigenvalue weighted by Crippen LogP contribution is 2.50. The van der Waals surface area contributed by atoms with Gasteiger partial charge in [0, 0.05) is 38.9 Å². The van der Waals surface area contributed by atoms with Crippen molar-refractivity contribution in [3.63, 3.8) is 0 Å². The van der Waals surface area contributed by atoms with E-state index in [4.69, 9.17) is 0 Å². The maximum absolute atomic E-state index is 2.39. The number of anilines is 3. The zero-order chi connectivity index (χ0) is 44.6. The smallest absolute Gasteiger partial charge is 0.0541 e. The van der Waals surface area contributed by atoms with Gasteiger partial charge in [0.15, 0.2) is 0 Å². The Bertz CT molecular complexity index is 3860. The van der Waals surface area contributed by atoms with Crippen molar-refractivity contribution in [1.29, 1.82) is 0 Å². The normalized spacial score (nSPS) is 12.7. The molecule has 0 N–H and O–H groups in total. The van der Waals surface area contributed by atoms with E-state index in [1.165, 1.54) is 105 Å². The number of nitrogens with zero attached hydrogens (tertiary/aromatic N) is 2. The van der Waals surface area contributed by atoms with Crippen LogP contribution in [0.25, 0.3) is 93.5 Å². The first kappa shape index (κ1) is 39.0. The van der Waals surface area contributed by atoms with Crippen molar-refractivity contribution in [3.8, 4) is 50.2 Å². The Hall–Kier alpha value is -8.46. The van der Waals surface area contributed by atoms with Crippen LogP contribution >= 0.6 is 0 Å². The molecule has 12 aromatic rings. The lowest BCUT2D eigenvalue weighted by molar-refractivity contribution is 0.660. The van der Waals surface area contributed by atoms with Crippen molar-refractivity contribution in [1.82, 2.24) is 4.57 Å². The first-order valence-corrected chi connectivity index (χ1v) is 23.3. The third kappa shape index (κ3) is 6.32. The molecule has 0 saturated carbocycles. The molecule has 2 nitrogen and oxygen atoms in total. The van der Waals surface area contributed by atoms with E-state index in [0.717, 1.165) is 17.1 Å². The average molecular weight is 855 g/mol. The van der Waals surface area contributed by atoms with Crippen molar-refractivity contribution < 1.29 is 0 Å². The van der Waals surface area contributed by atoms with Crippen LogP contribution in [0.4, 0.5) is 17.1 Å². The molecule has 1 heterocycles. The van der Waals surface area contributed by atoms with Crippen LogP contribution < -0.4 is 4.90 Å². The largest absolute Gasteiger partial charge is 0.311 e. The molecule has 13 rings (SSSR count). The lowest BCUT2D eigenvalue weighted by Gasteiger charge is -2.26. The molecule has 0 amide bonds. The lowest BCUT2D eigenvalue weighted by Crippen LogP contribution is -2.14. The number of para-hydroxylation sites is 2. The number of rotatable bonds is 7. The summed E-state index contributed by atoms with van der Waals surface area (Å²) in [6, 6.07) is 89.3. The summed E-state index contributed by atoms with van der Waals surface area (Å²) in [5.41, 5.74) is 19.6. The van der Waals surface area contributed by atoms with Gasteiger partial charge in [-0.15, -0.1) is 0 Å². The van der Waals surface area contributed by atoms with Gasteiger partial charge in [0.2, 0.25) is 0 Å². The predicted molar refractivity (Wildman–Crippen MR) is 284 cm³/mol. The molecule has 0 aliphatic heterocycles. The first-order valence-electron chi connectivity index (χ1n) is 23.3. The fourth-order valence-electron chi connectivity index (χ4n) is 11.0. The molecule has 11 aromatic carbocycles. The van der Waals surface area contributed by atoms with Crippen LogP contribution in [0.2, 0.25) is 0 Å². The molecule has 0 unspecified atom stereocenters. The molecular formula is C65H46N2. The quantitative estimate of drug-likeness (QED) is 0.145. The fourth-order valence-corrected chi connectivity index (χ4v) is 11.0. The Morgan fingerprint density at radius 2 is 0.851 bits per heavy atom. The van der Waals surface area contributed by atoms with Gasteiger partial charge in [-0.2, -0.15) is 0 Å². The van der Waals surface area contributed by atoms with Crippen LogP contribution in [0, 0.1) is 0 Å². The fraction of sp³-hybridized carbons (Fsp3) is 0.0462. The minimum atomic E-state index is -0.0164. The molecule has 1 aliphatic rings. The summed E-state index contributed by atoms with van der Waals surface area (Å²) in [7, 11) is 0. The van der Waals surface area contributed by atoms with E-state index in [1.54, 1.807) is 0 Å². The molecule has 316 valence electrons. The van der Waals surface area contributed by atoms with Crippen LogP contribution in [0.1, 0.15) is 25.0 Å². The zero-order valence-corrected chi connectivity index (χ0v) is 37.5. The van der Waals surface area contributed by atoms with Gasteiger partial charge in [-0.1, -0.05) is 184 Å². The number of hydrogen-bond acceptors (Lipinski definition) is 1. The lowest BCUT2D eigenvalue weighted by atomic mass is 9.82. The van der Waals surface area contributed by atoms with E-state index in [0.29, 0.717) is 0 Å². The Kier molecular flexibility index (Phi) is 8.91. The highest BCUT2D eigenvalue weighted by Gasteiger charge is 2.35. The second-order valence-electron chi connectivity index (χ2n) is 18.5. The van der Waals surface area contributed by atoms with Crippen LogP contribution in [-0.4, -0.2) is 4.57 Å². The maximum atomic E-state index is 2.39. The highest BCUT2D eigenvalue weighted by atomic mass is 15.1. The summed E-state index contributed by atoms with van der Waals surface area (Å²) in [6.45, 7) is 4.68. The van der Waals surface area contributed by atoms with Crippen LogP contribution in [-0.2, 0) is 5.41 Å². The third-order valence-electron chi connectivity index (χ3n) is 14.4. The van der Waals surface area contributed by atoms with Gasteiger partial charge in [0.1, 0.15) is 0 Å². The minimum Gasteiger partial charge on any atom is -0.311 e. The van der Waals surface area contributed by atoms with E-state index < -0.39 is 0 Å². The Labute approximate surface area is 391 Å². The third-order valence-corrected chi connectivity index (χ3v) is 14.4. The van der Waals surface area contributed by atoms with E-state index in [-0.39, 0.29) is 5.41 Å². The van der Waals surface area contributed by atoms with E-state index in [2.05, 4.69) is 266 Å². The minimum absolute atomic E-state index is 0.0164. The average Bonchev–Trinajstić information content (AvgIpc) is 3.84. The second-order valence-corrected chi connectivity index (χ2v) is 18.5. The Balaban J connectivity index is 0.887. The van der Waals surface area contributed by atoms with Crippen molar-refractivity contribution in [2.45, 2.75) is 19.3 Å². The number of hydrogen-bond donors (Lipinski definition) is 0. The Morgan fingerprint density at radius 1 is 0.313 bits per heavy atom. The van der Waals surface area contributed by atoms with Crippen molar-refractivity contribution in [3.05, 3.63) is 254 Å². The van der Waals surface area contributed by atoms with Crippen molar-refractivity contribution in [2.75, 3.05) is 4.90 Å². The number of benzene rings is 11. The molecule has 1 aromatic heterocycles. The highest BCUT2D eigenvalue weighted by molar-refractivity contribution is 6.12. The van der Waals surface area contributed by atoms with Gasteiger partial charge in [0.05, 0.1) is 11.0 Å². The molecule has 0 fully saturated rings. The number of fused-ring (bicyclic) bond motifs is 9. The summed E-state index contributed by atoms with van der Waals surface area (Å²) in [5, 5.41) is 7.58. The van der Waals surface area contributed by atoms with Gasteiger partial charge < -0.3 is 9.47 Å². The van der Waals surface area contributed by atoms with Gasteiger partial charge in [-0.05, 0) is 150 Å². The molecule has 67 heavy (non-hydrogen) atoms. The maximum Gasteiger partial charge on any atom is 0.0541 e. The monoisotopic (exact) mass is 854 g/mol. The van der Waals surface area contributed by atoms with E-state index >= 15 is 0 Å². The standard InChI is InChI=1S/C65H46N2/c1-65(2)61-21-10-8-17-57(61)59-41-47(30-39-62(59)65)43-23-32-50(33-24-43)66(52-36-27-46(28-37-52)54-19-12-20-55-53-16-7-6-13-45(53)29-38-56(54)55)51-34-25-44(26-35-51)48-31-40-64-60(42-48)58-18-9-11-22-63(58)67(64)49-14-4-3-5-15-49/h3-42H,1-2H3. The predicted octanol–water partition coefficient (Wildman–Crippen LogP) is 17.9. The topological polar surface area (TPSA) is 8.17 Å². The molecule has 1 aliphatic carbocycles. The van der Waals surface area contributed by atoms with Crippen LogP contribution in [0.15, 0.2) is 243 Å². The number of aromatic nitrogens is 1. The SMILES string of the molecule is CC1(C)c2ccccc2-c2cc(-c3ccc(N(c4ccc(-c5ccc6c(c5)c5ccccc5n6-c5ccccc5)cc4)c4ccc(-c5cccc6c5ccc5ccccc56)cc4)cc3)ccc21. The van der Waals surface area contributed by atoms with Crippen molar-refractivity contribution >= 4 is 60.4 Å². The molecule has 0 atom stereocenters. The summed E-state index contributed by atoms with van der Waals surface area (Å²) in [6.07, 6.45) is 0.